The molecule has 1 heterocycles. The van der Waals surface area contributed by atoms with Gasteiger partial charge in [-0.3, -0.25) is 4.79 Å². The van der Waals surface area contributed by atoms with Crippen LogP contribution in [0, 0.1) is 5.82 Å². The molecule has 0 unspecified atom stereocenters. The topological polar surface area (TPSA) is 41.1 Å². The summed E-state index contributed by atoms with van der Waals surface area (Å²) in [7, 11) is 0. The molecule has 0 radical (unpaired) electrons. The number of benzene rings is 1. The Labute approximate surface area is 119 Å². The number of thiophene rings is 1. The predicted octanol–water partition coefficient (Wildman–Crippen LogP) is 3.27. The summed E-state index contributed by atoms with van der Waals surface area (Å²) in [6.07, 6.45) is 0. The first-order valence-electron chi connectivity index (χ1n) is 5.64. The molecule has 0 spiro atoms. The number of halogens is 2. The molecule has 0 aliphatic rings. The number of hydrogen-bond donors (Lipinski definition) is 2. The van der Waals surface area contributed by atoms with Crippen LogP contribution in [0.15, 0.2) is 36.4 Å². The third kappa shape index (κ3) is 4.31. The lowest BCUT2D eigenvalue weighted by atomic mass is 10.3. The standard InChI is InChI=1S/C13H12ClFN2OS/c14-12-6-5-9(19-12)7-16-8-13(18)17-11-4-2-1-3-10(11)15/h1-6,16H,7-8H2,(H,17,18). The molecule has 1 amide bonds. The van der Waals surface area contributed by atoms with Crippen LogP contribution in [-0.2, 0) is 11.3 Å². The monoisotopic (exact) mass is 298 g/mol. The number of hydrogen-bond acceptors (Lipinski definition) is 3. The molecule has 0 bridgehead atoms. The molecule has 19 heavy (non-hydrogen) atoms. The number of anilines is 1. The van der Waals surface area contributed by atoms with Gasteiger partial charge in [0.05, 0.1) is 16.6 Å². The Morgan fingerprint density at radius 1 is 1.26 bits per heavy atom. The average Bonchev–Trinajstić information content (AvgIpc) is 2.78. The van der Waals surface area contributed by atoms with E-state index in [0.29, 0.717) is 10.9 Å². The number of carbonyl (C=O) groups is 1. The van der Waals surface area contributed by atoms with Gasteiger partial charge < -0.3 is 10.6 Å². The van der Waals surface area contributed by atoms with E-state index in [4.69, 9.17) is 11.6 Å². The fourth-order valence-corrected chi connectivity index (χ4v) is 2.56. The Morgan fingerprint density at radius 3 is 2.74 bits per heavy atom. The molecule has 0 aliphatic heterocycles. The van der Waals surface area contributed by atoms with Crippen molar-refractivity contribution in [1.82, 2.24) is 5.32 Å². The van der Waals surface area contributed by atoms with Gasteiger partial charge in [0.15, 0.2) is 0 Å². The van der Waals surface area contributed by atoms with E-state index in [1.807, 2.05) is 12.1 Å². The first-order valence-corrected chi connectivity index (χ1v) is 6.84. The number of nitrogens with one attached hydrogen (secondary N) is 2. The van der Waals surface area contributed by atoms with Crippen molar-refractivity contribution in [3.05, 3.63) is 51.4 Å². The summed E-state index contributed by atoms with van der Waals surface area (Å²) >= 11 is 7.25. The number of carbonyl (C=O) groups excluding carboxylic acids is 1. The highest BCUT2D eigenvalue weighted by Gasteiger charge is 2.06. The molecule has 0 aliphatic carbocycles. The van der Waals surface area contributed by atoms with Gasteiger partial charge in [-0.2, -0.15) is 0 Å². The minimum absolute atomic E-state index is 0.115. The van der Waals surface area contributed by atoms with Gasteiger partial charge in [-0.25, -0.2) is 4.39 Å². The molecule has 0 atom stereocenters. The minimum atomic E-state index is -0.444. The molecule has 2 aromatic rings. The predicted molar refractivity (Wildman–Crippen MR) is 76.1 cm³/mol. The lowest BCUT2D eigenvalue weighted by Gasteiger charge is -2.06. The average molecular weight is 299 g/mol. The van der Waals surface area contributed by atoms with E-state index in [-0.39, 0.29) is 18.1 Å². The van der Waals surface area contributed by atoms with Crippen molar-refractivity contribution >= 4 is 34.5 Å². The maximum atomic E-state index is 13.3. The highest BCUT2D eigenvalue weighted by atomic mass is 35.5. The van der Waals surface area contributed by atoms with E-state index in [2.05, 4.69) is 10.6 Å². The zero-order valence-electron chi connectivity index (χ0n) is 9.95. The fraction of sp³-hybridized carbons (Fsp3) is 0.154. The lowest BCUT2D eigenvalue weighted by Crippen LogP contribution is -2.27. The van der Waals surface area contributed by atoms with Crippen LogP contribution in [0.3, 0.4) is 0 Å². The second kappa shape index (κ2) is 6.65. The summed E-state index contributed by atoms with van der Waals surface area (Å²) in [5.41, 5.74) is 0.188. The van der Waals surface area contributed by atoms with Crippen LogP contribution < -0.4 is 10.6 Å². The van der Waals surface area contributed by atoms with E-state index in [0.717, 1.165) is 4.88 Å². The number of para-hydroxylation sites is 1. The van der Waals surface area contributed by atoms with E-state index < -0.39 is 5.82 Å². The van der Waals surface area contributed by atoms with Crippen molar-refractivity contribution in [1.29, 1.82) is 0 Å². The molecule has 0 saturated heterocycles. The second-order valence-corrected chi connectivity index (χ2v) is 5.64. The Bertz CT molecular complexity index is 573. The van der Waals surface area contributed by atoms with Crippen molar-refractivity contribution in [2.24, 2.45) is 0 Å². The molecule has 2 N–H and O–H groups in total. The van der Waals surface area contributed by atoms with E-state index in [1.165, 1.54) is 23.5 Å². The molecular formula is C13H12ClFN2OS. The van der Waals surface area contributed by atoms with Gasteiger partial charge in [0, 0.05) is 11.4 Å². The van der Waals surface area contributed by atoms with Crippen LogP contribution in [0.4, 0.5) is 10.1 Å². The fourth-order valence-electron chi connectivity index (χ4n) is 1.50. The molecule has 3 nitrogen and oxygen atoms in total. The molecular weight excluding hydrogens is 287 g/mol. The molecule has 2 rings (SSSR count). The highest BCUT2D eigenvalue weighted by molar-refractivity contribution is 7.16. The van der Waals surface area contributed by atoms with E-state index >= 15 is 0 Å². The summed E-state index contributed by atoms with van der Waals surface area (Å²) in [4.78, 5) is 12.6. The number of rotatable bonds is 5. The van der Waals surface area contributed by atoms with Crippen molar-refractivity contribution in [3.8, 4) is 0 Å². The molecule has 0 fully saturated rings. The van der Waals surface area contributed by atoms with E-state index in [1.54, 1.807) is 12.1 Å². The second-order valence-electron chi connectivity index (χ2n) is 3.84. The Kier molecular flexibility index (Phi) is 4.90. The zero-order valence-corrected chi connectivity index (χ0v) is 11.5. The molecule has 0 saturated carbocycles. The molecule has 1 aromatic carbocycles. The highest BCUT2D eigenvalue weighted by Crippen LogP contribution is 2.20. The van der Waals surface area contributed by atoms with Crippen molar-refractivity contribution in [2.45, 2.75) is 6.54 Å². The van der Waals surface area contributed by atoms with Crippen LogP contribution in [0.2, 0.25) is 4.34 Å². The summed E-state index contributed by atoms with van der Waals surface area (Å²) in [5, 5.41) is 5.47. The SMILES string of the molecule is O=C(CNCc1ccc(Cl)s1)Nc1ccccc1F. The summed E-state index contributed by atoms with van der Waals surface area (Å²) in [6.45, 7) is 0.673. The summed E-state index contributed by atoms with van der Waals surface area (Å²) in [5.74, 6) is -0.728. The van der Waals surface area contributed by atoms with Gasteiger partial charge in [0.1, 0.15) is 5.82 Å². The smallest absolute Gasteiger partial charge is 0.238 e. The Balaban J connectivity index is 1.77. The van der Waals surface area contributed by atoms with Gasteiger partial charge in [-0.05, 0) is 24.3 Å². The normalized spacial score (nSPS) is 10.4. The largest absolute Gasteiger partial charge is 0.322 e. The zero-order chi connectivity index (χ0) is 13.7. The van der Waals surface area contributed by atoms with Gasteiger partial charge in [0.2, 0.25) is 5.91 Å². The van der Waals surface area contributed by atoms with Crippen molar-refractivity contribution in [2.75, 3.05) is 11.9 Å². The van der Waals surface area contributed by atoms with Crippen LogP contribution in [0.25, 0.3) is 0 Å². The van der Waals surface area contributed by atoms with Crippen molar-refractivity contribution in [3.63, 3.8) is 0 Å². The van der Waals surface area contributed by atoms with Crippen molar-refractivity contribution < 1.29 is 9.18 Å². The number of amides is 1. The molecule has 100 valence electrons. The van der Waals surface area contributed by atoms with Crippen LogP contribution in [0.1, 0.15) is 4.88 Å². The van der Waals surface area contributed by atoms with Gasteiger partial charge >= 0.3 is 0 Å². The summed E-state index contributed by atoms with van der Waals surface area (Å²) in [6, 6.07) is 9.77. The van der Waals surface area contributed by atoms with Crippen LogP contribution in [-0.4, -0.2) is 12.5 Å². The van der Waals surface area contributed by atoms with E-state index in [9.17, 15) is 9.18 Å². The molecule has 1 aromatic heterocycles. The summed E-state index contributed by atoms with van der Waals surface area (Å²) < 4.78 is 14.0. The first-order chi connectivity index (χ1) is 9.15. The third-order valence-electron chi connectivity index (χ3n) is 2.36. The maximum Gasteiger partial charge on any atom is 0.238 e. The first kappa shape index (κ1) is 14.0. The van der Waals surface area contributed by atoms with Gasteiger partial charge in [-0.1, -0.05) is 23.7 Å². The van der Waals surface area contributed by atoms with Crippen LogP contribution in [0.5, 0.6) is 0 Å². The Morgan fingerprint density at radius 2 is 2.05 bits per heavy atom. The van der Waals surface area contributed by atoms with Gasteiger partial charge in [0.25, 0.3) is 0 Å². The lowest BCUT2D eigenvalue weighted by molar-refractivity contribution is -0.115. The Hall–Kier alpha value is -1.43. The van der Waals surface area contributed by atoms with Gasteiger partial charge in [-0.15, -0.1) is 11.3 Å². The molecule has 6 heteroatoms. The quantitative estimate of drug-likeness (QED) is 0.889. The maximum absolute atomic E-state index is 13.3. The third-order valence-corrected chi connectivity index (χ3v) is 3.59. The van der Waals surface area contributed by atoms with Crippen LogP contribution >= 0.6 is 22.9 Å². The minimum Gasteiger partial charge on any atom is -0.322 e.